The number of esters is 1. The van der Waals surface area contributed by atoms with Gasteiger partial charge in [-0.05, 0) is 35.4 Å². The number of hydrogen-bond donors (Lipinski definition) is 0. The largest absolute Gasteiger partial charge is 0.497 e. The molecule has 0 heterocycles. The average Bonchev–Trinajstić information content (AvgIpc) is 2.52. The summed E-state index contributed by atoms with van der Waals surface area (Å²) in [7, 11) is 1.64. The molecule has 0 atom stereocenters. The summed E-state index contributed by atoms with van der Waals surface area (Å²) >= 11 is 0. The molecule has 0 aliphatic carbocycles. The Bertz CT molecular complexity index is 579. The third-order valence-corrected chi connectivity index (χ3v) is 2.93. The summed E-state index contributed by atoms with van der Waals surface area (Å²) in [5, 5.41) is 0. The normalized spacial score (nSPS) is 9.55. The molecule has 0 fully saturated rings. The second-order valence-electron chi connectivity index (χ2n) is 4.56. The molecule has 0 aromatic heterocycles. The molecule has 0 aliphatic rings. The number of carbonyl (C=O) groups is 1. The predicted octanol–water partition coefficient (Wildman–Crippen LogP) is 3.45. The van der Waals surface area contributed by atoms with Crippen LogP contribution in [0.15, 0.2) is 48.5 Å². The van der Waals surface area contributed by atoms with Crippen LogP contribution in [0.4, 0.5) is 0 Å². The average molecular weight is 320 g/mol. The minimum atomic E-state index is -0.283. The van der Waals surface area contributed by atoms with E-state index in [0.29, 0.717) is 6.61 Å². The van der Waals surface area contributed by atoms with Crippen molar-refractivity contribution in [2.45, 2.75) is 20.1 Å². The fraction of sp³-hybridized carbons (Fsp3) is 0.235. The Kier molecular flexibility index (Phi) is 7.32. The van der Waals surface area contributed by atoms with Crippen molar-refractivity contribution in [3.63, 3.8) is 0 Å². The number of methoxy groups -OCH3 is 1. The summed E-state index contributed by atoms with van der Waals surface area (Å²) in [4.78, 5) is 10.7. The fourth-order valence-corrected chi connectivity index (χ4v) is 1.76. The third-order valence-electron chi connectivity index (χ3n) is 2.93. The molecule has 4 nitrogen and oxygen atoms in total. The Morgan fingerprint density at radius 2 is 1.36 bits per heavy atom. The number of carbonyl (C=O) groups excluding carboxylic acids is 1. The molecule has 5 heteroatoms. The van der Waals surface area contributed by atoms with Crippen LogP contribution in [0.1, 0.15) is 18.1 Å². The summed E-state index contributed by atoms with van der Waals surface area (Å²) in [5.74, 6) is 1.32. The van der Waals surface area contributed by atoms with E-state index in [1.54, 1.807) is 7.11 Å². The van der Waals surface area contributed by atoms with Crippen molar-refractivity contribution in [3.8, 4) is 11.5 Å². The van der Waals surface area contributed by atoms with Gasteiger partial charge in [0.2, 0.25) is 0 Å². The van der Waals surface area contributed by atoms with Crippen molar-refractivity contribution in [2.24, 2.45) is 0 Å². The first-order valence-electron chi connectivity index (χ1n) is 6.65. The summed E-state index contributed by atoms with van der Waals surface area (Å²) in [6, 6.07) is 15.2. The molecule has 22 heavy (non-hydrogen) atoms. The highest BCUT2D eigenvalue weighted by atomic mass is 32.1. The van der Waals surface area contributed by atoms with Crippen LogP contribution in [-0.2, 0) is 22.7 Å². The first-order chi connectivity index (χ1) is 10.2. The van der Waals surface area contributed by atoms with Crippen LogP contribution < -0.4 is 9.47 Å². The first-order valence-corrected chi connectivity index (χ1v) is 6.65. The lowest BCUT2D eigenvalue weighted by atomic mass is 10.2. The lowest BCUT2D eigenvalue weighted by Crippen LogP contribution is -1.99. The lowest BCUT2D eigenvalue weighted by Gasteiger charge is -2.08. The van der Waals surface area contributed by atoms with Crippen LogP contribution in [-0.4, -0.2) is 13.1 Å². The topological polar surface area (TPSA) is 44.8 Å². The van der Waals surface area contributed by atoms with E-state index in [4.69, 9.17) is 14.2 Å². The Morgan fingerprint density at radius 3 is 1.86 bits per heavy atom. The number of hydrogen-bond acceptors (Lipinski definition) is 4. The van der Waals surface area contributed by atoms with Gasteiger partial charge in [-0.1, -0.05) is 24.3 Å². The van der Waals surface area contributed by atoms with Gasteiger partial charge in [0.1, 0.15) is 24.7 Å². The van der Waals surface area contributed by atoms with Crippen LogP contribution in [0.5, 0.6) is 11.5 Å². The maximum absolute atomic E-state index is 10.7. The Balaban J connectivity index is 0.00000242. The molecule has 0 N–H and O–H groups in total. The zero-order valence-corrected chi connectivity index (χ0v) is 13.7. The predicted molar refractivity (Wildman–Crippen MR) is 89.6 cm³/mol. The van der Waals surface area contributed by atoms with Crippen LogP contribution >= 0.6 is 13.5 Å². The van der Waals surface area contributed by atoms with Gasteiger partial charge in [0.05, 0.1) is 7.11 Å². The smallest absolute Gasteiger partial charge is 0.302 e. The minimum Gasteiger partial charge on any atom is -0.497 e. The molecule has 0 bridgehead atoms. The van der Waals surface area contributed by atoms with E-state index in [-0.39, 0.29) is 26.1 Å². The van der Waals surface area contributed by atoms with Crippen molar-refractivity contribution >= 4 is 19.5 Å². The quantitative estimate of drug-likeness (QED) is 0.765. The van der Waals surface area contributed by atoms with Crippen LogP contribution in [0.2, 0.25) is 0 Å². The van der Waals surface area contributed by atoms with Gasteiger partial charge < -0.3 is 14.2 Å². The van der Waals surface area contributed by atoms with Gasteiger partial charge in [-0.15, -0.1) is 0 Å². The van der Waals surface area contributed by atoms with Gasteiger partial charge in [0.15, 0.2) is 0 Å². The van der Waals surface area contributed by atoms with E-state index in [1.807, 2.05) is 48.5 Å². The summed E-state index contributed by atoms with van der Waals surface area (Å²) in [6.07, 6.45) is 0. The van der Waals surface area contributed by atoms with Crippen LogP contribution in [0.25, 0.3) is 0 Å². The molecule has 0 saturated carbocycles. The van der Waals surface area contributed by atoms with E-state index in [2.05, 4.69) is 0 Å². The lowest BCUT2D eigenvalue weighted by molar-refractivity contribution is -0.142. The van der Waals surface area contributed by atoms with E-state index in [1.165, 1.54) is 6.92 Å². The van der Waals surface area contributed by atoms with Crippen molar-refractivity contribution in [1.29, 1.82) is 0 Å². The van der Waals surface area contributed by atoms with Crippen LogP contribution in [0.3, 0.4) is 0 Å². The monoisotopic (exact) mass is 320 g/mol. The highest BCUT2D eigenvalue weighted by Crippen LogP contribution is 2.16. The molecule has 0 spiro atoms. The molecule has 0 radical (unpaired) electrons. The number of benzene rings is 2. The standard InChI is InChI=1S/C17H18O4.H2S/c1-13(18)20-11-14-5-9-17(10-6-14)21-12-15-3-7-16(19-2)8-4-15;/h3-10H,11-12H2,1-2H3;1H2. The second-order valence-corrected chi connectivity index (χ2v) is 4.56. The van der Waals surface area contributed by atoms with E-state index in [9.17, 15) is 4.79 Å². The van der Waals surface area contributed by atoms with Crippen molar-refractivity contribution in [2.75, 3.05) is 7.11 Å². The molecule has 2 rings (SSSR count). The summed E-state index contributed by atoms with van der Waals surface area (Å²) in [6.45, 7) is 2.17. The highest BCUT2D eigenvalue weighted by Gasteiger charge is 1.99. The maximum Gasteiger partial charge on any atom is 0.302 e. The number of rotatable bonds is 6. The van der Waals surface area contributed by atoms with E-state index >= 15 is 0 Å². The highest BCUT2D eigenvalue weighted by molar-refractivity contribution is 7.59. The van der Waals surface area contributed by atoms with E-state index in [0.717, 1.165) is 22.6 Å². The molecular weight excluding hydrogens is 300 g/mol. The van der Waals surface area contributed by atoms with Crippen molar-refractivity contribution in [3.05, 3.63) is 59.7 Å². The van der Waals surface area contributed by atoms with Gasteiger partial charge in [-0.3, -0.25) is 4.79 Å². The Morgan fingerprint density at radius 1 is 0.864 bits per heavy atom. The zero-order valence-electron chi connectivity index (χ0n) is 12.7. The summed E-state index contributed by atoms with van der Waals surface area (Å²) in [5.41, 5.74) is 2.00. The van der Waals surface area contributed by atoms with Gasteiger partial charge >= 0.3 is 5.97 Å². The third kappa shape index (κ3) is 5.69. The van der Waals surface area contributed by atoms with Gasteiger partial charge in [0, 0.05) is 6.92 Å². The van der Waals surface area contributed by atoms with Crippen LogP contribution in [0, 0.1) is 0 Å². The van der Waals surface area contributed by atoms with Crippen molar-refractivity contribution in [1.82, 2.24) is 0 Å². The fourth-order valence-electron chi connectivity index (χ4n) is 1.76. The van der Waals surface area contributed by atoms with Crippen molar-refractivity contribution < 1.29 is 19.0 Å². The second kappa shape index (κ2) is 9.00. The van der Waals surface area contributed by atoms with Gasteiger partial charge in [0.25, 0.3) is 0 Å². The maximum atomic E-state index is 10.7. The molecule has 118 valence electrons. The molecular formula is C17H20O4S. The zero-order chi connectivity index (χ0) is 15.1. The first kappa shape index (κ1) is 17.9. The minimum absolute atomic E-state index is 0. The molecule has 2 aromatic carbocycles. The SMILES string of the molecule is COc1ccc(COc2ccc(COC(C)=O)cc2)cc1.S. The Labute approximate surface area is 137 Å². The molecule has 0 amide bonds. The van der Waals surface area contributed by atoms with Gasteiger partial charge in [-0.25, -0.2) is 0 Å². The Hall–Kier alpha value is -2.14. The van der Waals surface area contributed by atoms with E-state index < -0.39 is 0 Å². The molecule has 0 saturated heterocycles. The molecule has 0 unspecified atom stereocenters. The molecule has 2 aromatic rings. The molecule has 0 aliphatic heterocycles. The van der Waals surface area contributed by atoms with Gasteiger partial charge in [-0.2, -0.15) is 13.5 Å². The number of ether oxygens (including phenoxy) is 3. The summed E-state index contributed by atoms with van der Waals surface area (Å²) < 4.78 is 15.7.